The molecule has 0 spiro atoms. The second-order valence-corrected chi connectivity index (χ2v) is 6.70. The van der Waals surface area contributed by atoms with Gasteiger partial charge in [0.2, 0.25) is 0 Å². The van der Waals surface area contributed by atoms with Crippen LogP contribution in [0.4, 0.5) is 5.82 Å². The van der Waals surface area contributed by atoms with Crippen molar-refractivity contribution in [2.45, 2.75) is 46.1 Å². The first kappa shape index (κ1) is 16.4. The Labute approximate surface area is 144 Å². The fourth-order valence-corrected chi connectivity index (χ4v) is 3.33. The van der Waals surface area contributed by atoms with Crippen LogP contribution in [0.2, 0.25) is 0 Å². The number of nitrogens with one attached hydrogen (secondary N) is 1. The summed E-state index contributed by atoms with van der Waals surface area (Å²) >= 11 is 0. The van der Waals surface area contributed by atoms with E-state index < -0.39 is 0 Å². The third kappa shape index (κ3) is 3.26. The van der Waals surface area contributed by atoms with Crippen LogP contribution < -0.4 is 9.64 Å². The van der Waals surface area contributed by atoms with Gasteiger partial charge in [-0.25, -0.2) is 0 Å². The van der Waals surface area contributed by atoms with E-state index in [1.807, 2.05) is 32.9 Å². The van der Waals surface area contributed by atoms with Gasteiger partial charge in [-0.1, -0.05) is 0 Å². The summed E-state index contributed by atoms with van der Waals surface area (Å²) in [7, 11) is 0. The quantitative estimate of drug-likeness (QED) is 0.892. The predicted octanol–water partition coefficient (Wildman–Crippen LogP) is 4.64. The average molecular weight is 323 g/mol. The largest absolute Gasteiger partial charge is 0.491 e. The third-order valence-electron chi connectivity index (χ3n) is 4.53. The Morgan fingerprint density at radius 2 is 1.79 bits per heavy atom. The second kappa shape index (κ2) is 7.00. The van der Waals surface area contributed by atoms with Crippen molar-refractivity contribution in [1.29, 1.82) is 5.26 Å². The first-order valence-electron chi connectivity index (χ1n) is 8.75. The van der Waals surface area contributed by atoms with Crippen molar-refractivity contribution in [3.63, 3.8) is 0 Å². The summed E-state index contributed by atoms with van der Waals surface area (Å²) in [4.78, 5) is 5.82. The summed E-state index contributed by atoms with van der Waals surface area (Å²) < 4.78 is 5.71. The number of aromatic nitrogens is 1. The smallest absolute Gasteiger partial charge is 0.124 e. The molecule has 4 nitrogen and oxygen atoms in total. The molecule has 1 N–H and O–H groups in total. The number of piperidine rings is 1. The van der Waals surface area contributed by atoms with E-state index in [1.54, 1.807) is 0 Å². The predicted molar refractivity (Wildman–Crippen MR) is 97.5 cm³/mol. The van der Waals surface area contributed by atoms with Gasteiger partial charge in [-0.3, -0.25) is 0 Å². The normalized spacial score (nSPS) is 14.7. The highest BCUT2D eigenvalue weighted by atomic mass is 16.5. The van der Waals surface area contributed by atoms with E-state index in [0.717, 1.165) is 47.0 Å². The van der Waals surface area contributed by atoms with E-state index in [9.17, 15) is 5.26 Å². The first-order valence-corrected chi connectivity index (χ1v) is 8.75. The van der Waals surface area contributed by atoms with Crippen LogP contribution in [-0.4, -0.2) is 24.2 Å². The molecule has 0 aliphatic carbocycles. The van der Waals surface area contributed by atoms with Crippen LogP contribution in [0, 0.1) is 18.3 Å². The van der Waals surface area contributed by atoms with Crippen LogP contribution in [0.1, 0.15) is 44.2 Å². The topological polar surface area (TPSA) is 52.0 Å². The van der Waals surface area contributed by atoms with Gasteiger partial charge in [-0.2, -0.15) is 5.26 Å². The van der Waals surface area contributed by atoms with E-state index in [-0.39, 0.29) is 6.10 Å². The highest BCUT2D eigenvalue weighted by molar-refractivity contribution is 5.74. The molecule has 1 aromatic heterocycles. The summed E-state index contributed by atoms with van der Waals surface area (Å²) in [5.41, 5.74) is 3.91. The van der Waals surface area contributed by atoms with Crippen LogP contribution in [0.25, 0.3) is 11.3 Å². The zero-order chi connectivity index (χ0) is 17.1. The first-order chi connectivity index (χ1) is 11.6. The molecule has 3 rings (SSSR count). The highest BCUT2D eigenvalue weighted by Gasteiger charge is 2.21. The van der Waals surface area contributed by atoms with Crippen LogP contribution in [0.15, 0.2) is 24.3 Å². The second-order valence-electron chi connectivity index (χ2n) is 6.70. The van der Waals surface area contributed by atoms with Gasteiger partial charge in [-0.15, -0.1) is 0 Å². The standard InChI is InChI=1S/C20H25N3O/c1-14(2)24-17-9-7-16(8-10-17)19-15(3)18(13-21)20(22-19)23-11-5-4-6-12-23/h7-10,14,22H,4-6,11-12H2,1-3H3. The number of H-pyrrole nitrogens is 1. The Balaban J connectivity index is 1.93. The lowest BCUT2D eigenvalue weighted by molar-refractivity contribution is 0.242. The van der Waals surface area contributed by atoms with Gasteiger partial charge >= 0.3 is 0 Å². The zero-order valence-corrected chi connectivity index (χ0v) is 14.7. The maximum atomic E-state index is 9.62. The van der Waals surface area contributed by atoms with Gasteiger partial charge in [-0.05, 0) is 75.4 Å². The van der Waals surface area contributed by atoms with Crippen molar-refractivity contribution in [3.05, 3.63) is 35.4 Å². The number of anilines is 1. The molecule has 1 aromatic carbocycles. The number of nitriles is 1. The summed E-state index contributed by atoms with van der Waals surface area (Å²) in [6.45, 7) is 8.11. The van der Waals surface area contributed by atoms with Crippen molar-refractivity contribution >= 4 is 5.82 Å². The van der Waals surface area contributed by atoms with E-state index in [0.29, 0.717) is 0 Å². The van der Waals surface area contributed by atoms with Crippen LogP contribution >= 0.6 is 0 Å². The van der Waals surface area contributed by atoms with E-state index in [4.69, 9.17) is 4.74 Å². The van der Waals surface area contributed by atoms with Crippen molar-refractivity contribution in [2.24, 2.45) is 0 Å². The number of benzene rings is 1. The molecule has 1 fully saturated rings. The number of nitrogens with zero attached hydrogens (tertiary/aromatic N) is 2. The Hall–Kier alpha value is -2.41. The summed E-state index contributed by atoms with van der Waals surface area (Å²) in [5, 5.41) is 9.62. The van der Waals surface area contributed by atoms with E-state index in [1.165, 1.54) is 19.3 Å². The lowest BCUT2D eigenvalue weighted by atomic mass is 10.1. The number of aromatic amines is 1. The molecular formula is C20H25N3O. The Bertz CT molecular complexity index is 731. The molecule has 126 valence electrons. The van der Waals surface area contributed by atoms with Crippen molar-refractivity contribution in [3.8, 4) is 23.1 Å². The molecule has 0 radical (unpaired) electrons. The molecule has 0 bridgehead atoms. The third-order valence-corrected chi connectivity index (χ3v) is 4.53. The maximum absolute atomic E-state index is 9.62. The Morgan fingerprint density at radius 1 is 1.12 bits per heavy atom. The molecule has 1 aliphatic heterocycles. The van der Waals surface area contributed by atoms with E-state index in [2.05, 4.69) is 28.1 Å². The molecule has 0 amide bonds. The highest BCUT2D eigenvalue weighted by Crippen LogP contribution is 2.34. The molecular weight excluding hydrogens is 298 g/mol. The van der Waals surface area contributed by atoms with Gasteiger partial charge in [0.1, 0.15) is 17.6 Å². The average Bonchev–Trinajstić information content (AvgIpc) is 2.92. The molecule has 1 saturated heterocycles. The lowest BCUT2D eigenvalue weighted by Gasteiger charge is -2.27. The molecule has 2 aromatic rings. The molecule has 4 heteroatoms. The van der Waals surface area contributed by atoms with Gasteiger partial charge in [0.15, 0.2) is 0 Å². The minimum atomic E-state index is 0.166. The number of rotatable bonds is 4. The molecule has 24 heavy (non-hydrogen) atoms. The van der Waals surface area contributed by atoms with Crippen LogP contribution in [0.3, 0.4) is 0 Å². The van der Waals surface area contributed by atoms with E-state index >= 15 is 0 Å². The fraction of sp³-hybridized carbons (Fsp3) is 0.450. The minimum Gasteiger partial charge on any atom is -0.491 e. The molecule has 0 atom stereocenters. The van der Waals surface area contributed by atoms with Gasteiger partial charge in [0, 0.05) is 13.1 Å². The monoisotopic (exact) mass is 323 g/mol. The number of hydrogen-bond acceptors (Lipinski definition) is 3. The van der Waals surface area contributed by atoms with Gasteiger partial charge in [0.25, 0.3) is 0 Å². The van der Waals surface area contributed by atoms with Crippen LogP contribution in [-0.2, 0) is 0 Å². The van der Waals surface area contributed by atoms with Gasteiger partial charge in [0.05, 0.1) is 17.4 Å². The zero-order valence-electron chi connectivity index (χ0n) is 14.7. The van der Waals surface area contributed by atoms with Crippen molar-refractivity contribution in [2.75, 3.05) is 18.0 Å². The summed E-state index contributed by atoms with van der Waals surface area (Å²) in [6.07, 6.45) is 3.83. The molecule has 0 saturated carbocycles. The van der Waals surface area contributed by atoms with Crippen LogP contribution in [0.5, 0.6) is 5.75 Å². The molecule has 0 unspecified atom stereocenters. The van der Waals surface area contributed by atoms with Crippen molar-refractivity contribution in [1.82, 2.24) is 4.98 Å². The lowest BCUT2D eigenvalue weighted by Crippen LogP contribution is -2.30. The molecule has 2 heterocycles. The Morgan fingerprint density at radius 3 is 2.38 bits per heavy atom. The van der Waals surface area contributed by atoms with Crippen molar-refractivity contribution < 1.29 is 4.74 Å². The summed E-state index contributed by atoms with van der Waals surface area (Å²) in [5.74, 6) is 1.85. The minimum absolute atomic E-state index is 0.166. The number of ether oxygens (including phenoxy) is 1. The SMILES string of the molecule is Cc1c(-c2ccc(OC(C)C)cc2)[nH]c(N2CCCCC2)c1C#N. The maximum Gasteiger partial charge on any atom is 0.124 e. The number of hydrogen-bond donors (Lipinski definition) is 1. The Kier molecular flexibility index (Phi) is 4.80. The molecule has 1 aliphatic rings. The fourth-order valence-electron chi connectivity index (χ4n) is 3.33. The van der Waals surface area contributed by atoms with Gasteiger partial charge < -0.3 is 14.6 Å². The summed E-state index contributed by atoms with van der Waals surface area (Å²) in [6, 6.07) is 10.5.